The van der Waals surface area contributed by atoms with Crippen molar-refractivity contribution in [3.05, 3.63) is 151 Å². The average molecular weight is 625 g/mol. The summed E-state index contributed by atoms with van der Waals surface area (Å²) in [5, 5.41) is 11.9. The van der Waals surface area contributed by atoms with E-state index in [0.717, 1.165) is 6.42 Å². The van der Waals surface area contributed by atoms with E-state index in [-0.39, 0.29) is 12.8 Å². The number of nitrogens with one attached hydrogen (secondary N) is 1. The molecule has 1 aliphatic heterocycles. The van der Waals surface area contributed by atoms with E-state index in [4.69, 9.17) is 0 Å². The molecule has 228 valence electrons. The molecule has 1 atom stereocenters. The quantitative estimate of drug-likeness (QED) is 0.138. The molecule has 1 unspecified atom stereocenters. The van der Waals surface area contributed by atoms with Crippen LogP contribution in [-0.2, 0) is 6.42 Å². The van der Waals surface area contributed by atoms with Crippen LogP contribution in [0.5, 0.6) is 0 Å². The third-order valence-corrected chi connectivity index (χ3v) is 10.9. The van der Waals surface area contributed by atoms with Gasteiger partial charge in [0.25, 0.3) is 0 Å². The van der Waals surface area contributed by atoms with Crippen molar-refractivity contribution in [2.45, 2.75) is 33.2 Å². The molecule has 0 saturated carbocycles. The lowest BCUT2D eigenvalue weighted by Gasteiger charge is -2.28. The summed E-state index contributed by atoms with van der Waals surface area (Å²) in [6, 6.07) is 24.9. The van der Waals surface area contributed by atoms with Crippen LogP contribution in [0.4, 0.5) is 5.00 Å². The van der Waals surface area contributed by atoms with E-state index in [1.54, 1.807) is 0 Å². The van der Waals surface area contributed by atoms with Gasteiger partial charge >= 0.3 is 0 Å². The molecule has 0 saturated heterocycles. The van der Waals surface area contributed by atoms with Gasteiger partial charge in [0.2, 0.25) is 6.71 Å². The van der Waals surface area contributed by atoms with Crippen LogP contribution < -0.4 is 16.2 Å². The lowest BCUT2D eigenvalue weighted by Crippen LogP contribution is -2.48. The highest BCUT2D eigenvalue weighted by Gasteiger charge is 2.37. The number of hydrogen-bond donors (Lipinski definition) is 1. The highest BCUT2D eigenvalue weighted by Crippen LogP contribution is 2.43. The Kier molecular flexibility index (Phi) is 7.46. The first-order chi connectivity index (χ1) is 23.1. The molecule has 2 aromatic heterocycles. The van der Waals surface area contributed by atoms with Gasteiger partial charge in [0.1, 0.15) is 0 Å². The fourth-order valence-electron chi connectivity index (χ4n) is 7.80. The van der Waals surface area contributed by atoms with Gasteiger partial charge in [-0.15, -0.1) is 11.3 Å². The number of anilines is 1. The summed E-state index contributed by atoms with van der Waals surface area (Å²) in [5.41, 5.74) is 10.7. The normalized spacial score (nSPS) is 15.3. The molecule has 2 aliphatic rings. The number of fused-ring (bicyclic) bond motifs is 9. The molecule has 0 amide bonds. The van der Waals surface area contributed by atoms with Crippen molar-refractivity contribution in [3.8, 4) is 0 Å². The lowest BCUT2D eigenvalue weighted by molar-refractivity contribution is 1.01. The summed E-state index contributed by atoms with van der Waals surface area (Å²) >= 11 is 1.92. The zero-order chi connectivity index (χ0) is 32.1. The maximum absolute atomic E-state index is 4.00. The van der Waals surface area contributed by atoms with Gasteiger partial charge in [-0.25, -0.2) is 0 Å². The zero-order valence-corrected chi connectivity index (χ0v) is 27.9. The Hall–Kier alpha value is -5.06. The molecule has 47 heavy (non-hydrogen) atoms. The molecule has 1 N–H and O–H groups in total. The van der Waals surface area contributed by atoms with Gasteiger partial charge in [-0.2, -0.15) is 0 Å². The van der Waals surface area contributed by atoms with Crippen LogP contribution >= 0.6 is 11.3 Å². The summed E-state index contributed by atoms with van der Waals surface area (Å²) in [6.45, 7) is 10.6. The van der Waals surface area contributed by atoms with Crippen molar-refractivity contribution in [3.63, 3.8) is 0 Å². The second-order valence-electron chi connectivity index (χ2n) is 12.5. The van der Waals surface area contributed by atoms with Crippen LogP contribution in [0.3, 0.4) is 0 Å². The van der Waals surface area contributed by atoms with Crippen molar-refractivity contribution < 1.29 is 0 Å². The average Bonchev–Trinajstić information content (AvgIpc) is 3.50. The van der Waals surface area contributed by atoms with Gasteiger partial charge in [0, 0.05) is 38.1 Å². The summed E-state index contributed by atoms with van der Waals surface area (Å²) in [7, 11) is 0. The van der Waals surface area contributed by atoms with Crippen LogP contribution in [-0.4, -0.2) is 17.3 Å². The van der Waals surface area contributed by atoms with E-state index in [1.165, 1.54) is 80.9 Å². The van der Waals surface area contributed by atoms with Crippen LogP contribution in [0.15, 0.2) is 140 Å². The number of para-hydroxylation sites is 2. The highest BCUT2D eigenvalue weighted by atomic mass is 32.1. The number of hydrogen-bond acceptors (Lipinski definition) is 2. The maximum atomic E-state index is 4.00. The SMILES string of the molecule is C=C/C=C\C=C/C(C)Nc1sc2c(c3c(c4ccccc42)C=CC=CC3)c1B1C(C)=C(/C=C\C)n2c3ccccc3c3cccc1c32. The van der Waals surface area contributed by atoms with E-state index in [1.807, 2.05) is 29.6 Å². The molecule has 2 nitrogen and oxygen atoms in total. The van der Waals surface area contributed by atoms with Gasteiger partial charge in [-0.05, 0) is 72.2 Å². The van der Waals surface area contributed by atoms with Crippen molar-refractivity contribution in [2.75, 3.05) is 5.32 Å². The molecular weight excluding hydrogens is 587 g/mol. The molecule has 4 heteroatoms. The van der Waals surface area contributed by atoms with Crippen LogP contribution in [0.25, 0.3) is 54.4 Å². The smallest absolute Gasteiger partial charge is 0.246 e. The number of aromatic nitrogens is 1. The van der Waals surface area contributed by atoms with Crippen molar-refractivity contribution >= 4 is 88.4 Å². The first-order valence-electron chi connectivity index (χ1n) is 16.5. The number of thiophene rings is 1. The van der Waals surface area contributed by atoms with Gasteiger partial charge in [-0.1, -0.05) is 133 Å². The van der Waals surface area contributed by atoms with E-state index in [0.29, 0.717) is 0 Å². The Morgan fingerprint density at radius 2 is 1.70 bits per heavy atom. The number of nitrogens with zero attached hydrogens (tertiary/aromatic N) is 1. The summed E-state index contributed by atoms with van der Waals surface area (Å²) in [5.74, 6) is 0. The van der Waals surface area contributed by atoms with Crippen molar-refractivity contribution in [2.24, 2.45) is 0 Å². The molecule has 0 radical (unpaired) electrons. The number of benzene rings is 4. The third-order valence-electron chi connectivity index (χ3n) is 9.71. The first kappa shape index (κ1) is 29.4. The van der Waals surface area contributed by atoms with Crippen molar-refractivity contribution in [1.82, 2.24) is 4.57 Å². The van der Waals surface area contributed by atoms with E-state index >= 15 is 0 Å². The van der Waals surface area contributed by atoms with E-state index in [2.05, 4.69) is 153 Å². The Morgan fingerprint density at radius 1 is 0.915 bits per heavy atom. The van der Waals surface area contributed by atoms with Gasteiger partial charge in [-0.3, -0.25) is 0 Å². The predicted molar refractivity (Wildman–Crippen MR) is 211 cm³/mol. The van der Waals surface area contributed by atoms with Gasteiger partial charge < -0.3 is 9.88 Å². The fraction of sp³-hybridized carbons (Fsp3) is 0.116. The third kappa shape index (κ3) is 4.62. The second kappa shape index (κ2) is 11.9. The molecule has 3 heterocycles. The minimum atomic E-state index is 0.0799. The number of allylic oxidation sites excluding steroid dienone is 11. The Bertz CT molecular complexity index is 2420. The van der Waals surface area contributed by atoms with Crippen LogP contribution in [0.1, 0.15) is 31.9 Å². The zero-order valence-electron chi connectivity index (χ0n) is 27.1. The van der Waals surface area contributed by atoms with Crippen LogP contribution in [0.2, 0.25) is 0 Å². The maximum Gasteiger partial charge on any atom is 0.246 e. The Balaban J connectivity index is 1.50. The van der Waals surface area contributed by atoms with Gasteiger partial charge in [0.15, 0.2) is 0 Å². The molecular formula is C43H37BN2S. The topological polar surface area (TPSA) is 17.0 Å². The monoisotopic (exact) mass is 624 g/mol. The highest BCUT2D eigenvalue weighted by molar-refractivity contribution is 7.26. The number of rotatable bonds is 7. The molecule has 0 fully saturated rings. The molecule has 6 aromatic rings. The Labute approximate surface area is 281 Å². The first-order valence-corrected chi connectivity index (χ1v) is 17.4. The molecule has 1 aliphatic carbocycles. The Morgan fingerprint density at radius 3 is 2.53 bits per heavy atom. The predicted octanol–water partition coefficient (Wildman–Crippen LogP) is 10.4. The van der Waals surface area contributed by atoms with Gasteiger partial charge in [0.05, 0.1) is 10.5 Å². The van der Waals surface area contributed by atoms with Crippen LogP contribution in [0, 0.1) is 0 Å². The fourth-order valence-corrected chi connectivity index (χ4v) is 9.20. The van der Waals surface area contributed by atoms with E-state index in [9.17, 15) is 0 Å². The largest absolute Gasteiger partial charge is 0.371 e. The summed E-state index contributed by atoms with van der Waals surface area (Å²) in [6.07, 6.45) is 24.6. The summed E-state index contributed by atoms with van der Waals surface area (Å²) in [4.78, 5) is 0. The molecule has 4 aromatic carbocycles. The van der Waals surface area contributed by atoms with E-state index < -0.39 is 0 Å². The summed E-state index contributed by atoms with van der Waals surface area (Å²) < 4.78 is 3.87. The minimum absolute atomic E-state index is 0.0799. The lowest BCUT2D eigenvalue weighted by atomic mass is 9.35. The van der Waals surface area contributed by atoms with Crippen molar-refractivity contribution in [1.29, 1.82) is 0 Å². The molecule has 0 spiro atoms. The molecule has 8 rings (SSSR count). The minimum Gasteiger partial charge on any atom is -0.371 e. The second-order valence-corrected chi connectivity index (χ2v) is 13.5. The molecule has 0 bridgehead atoms. The standard InChI is InChI=1S/C43H37BN2S/c1-5-7-8-10-19-28(3)45-43-40(39-33-23-12-9-11-20-30(33)31-21-13-14-24-35(31)42(39)47-43)44-29(4)37(18-6-2)46-38-27-16-15-22-32(38)34-25-17-26-36(44)41(34)46/h5-22,24-28,45H,1,23H2,2-4H3/b8-7-,18-6-,19-10-.